The largest absolute Gasteiger partial charge is 0.333 e. The molecule has 1 unspecified atom stereocenters. The minimum atomic E-state index is -2.70. The highest BCUT2D eigenvalue weighted by molar-refractivity contribution is 5.76. The van der Waals surface area contributed by atoms with E-state index in [-0.39, 0.29) is 30.8 Å². The van der Waals surface area contributed by atoms with Gasteiger partial charge in [-0.25, -0.2) is 8.78 Å². The molecule has 104 valence electrons. The van der Waals surface area contributed by atoms with Crippen LogP contribution < -0.4 is 0 Å². The predicted octanol–water partition coefficient (Wildman–Crippen LogP) is 1.97. The van der Waals surface area contributed by atoms with Crippen molar-refractivity contribution in [3.63, 3.8) is 0 Å². The first-order valence-electron chi connectivity index (χ1n) is 6.79. The summed E-state index contributed by atoms with van der Waals surface area (Å²) in [6.07, 6.45) is 2.02. The van der Waals surface area contributed by atoms with Crippen molar-refractivity contribution >= 4 is 5.91 Å². The van der Waals surface area contributed by atoms with Crippen molar-refractivity contribution in [1.29, 1.82) is 0 Å². The topological polar surface area (TPSA) is 23.6 Å². The molecule has 18 heavy (non-hydrogen) atoms. The van der Waals surface area contributed by atoms with Gasteiger partial charge in [-0.1, -0.05) is 6.92 Å². The molecule has 0 aliphatic carbocycles. The summed E-state index contributed by atoms with van der Waals surface area (Å²) in [4.78, 5) is 15.5. The Hall–Kier alpha value is -0.710. The molecule has 2 heterocycles. The number of nitrogens with zero attached hydrogens (tertiary/aromatic N) is 2. The number of carbonyl (C=O) groups is 1. The Morgan fingerprint density at radius 2 is 1.94 bits per heavy atom. The van der Waals surface area contributed by atoms with Crippen LogP contribution in [0.25, 0.3) is 0 Å². The van der Waals surface area contributed by atoms with Gasteiger partial charge >= 0.3 is 0 Å². The summed E-state index contributed by atoms with van der Waals surface area (Å²) in [5.74, 6) is -2.58. The maximum Gasteiger partial charge on any atom is 0.267 e. The Bertz CT molecular complexity index is 314. The van der Waals surface area contributed by atoms with Crippen LogP contribution in [0.4, 0.5) is 8.78 Å². The molecule has 0 aromatic heterocycles. The van der Waals surface area contributed by atoms with E-state index >= 15 is 0 Å². The van der Waals surface area contributed by atoms with Crippen molar-refractivity contribution in [2.75, 3.05) is 26.7 Å². The van der Waals surface area contributed by atoms with Gasteiger partial charge in [-0.15, -0.1) is 0 Å². The van der Waals surface area contributed by atoms with Gasteiger partial charge in [0.1, 0.15) is 0 Å². The van der Waals surface area contributed by atoms with Crippen LogP contribution >= 0.6 is 0 Å². The number of alkyl halides is 2. The number of piperidine rings is 1. The molecule has 1 amide bonds. The molecule has 0 aromatic carbocycles. The molecular formula is C13H22F2N2O. The molecule has 1 atom stereocenters. The average Bonchev–Trinajstić information content (AvgIpc) is 2.65. The van der Waals surface area contributed by atoms with Gasteiger partial charge in [-0.3, -0.25) is 4.79 Å². The standard InChI is InChI=1S/C13H22F2N2O/c1-3-12(18)17-9-13(14,15)8-11(17)10-4-6-16(2)7-5-10/h10-11H,3-9H2,1-2H3. The second-order valence-electron chi connectivity index (χ2n) is 5.64. The van der Waals surface area contributed by atoms with E-state index in [0.717, 1.165) is 25.9 Å². The molecule has 0 radical (unpaired) electrons. The van der Waals surface area contributed by atoms with Gasteiger partial charge in [-0.2, -0.15) is 0 Å². The van der Waals surface area contributed by atoms with Crippen LogP contribution in [0.5, 0.6) is 0 Å². The van der Waals surface area contributed by atoms with Crippen molar-refractivity contribution in [1.82, 2.24) is 9.80 Å². The molecule has 0 saturated carbocycles. The number of carbonyl (C=O) groups excluding carboxylic acids is 1. The van der Waals surface area contributed by atoms with E-state index in [1.165, 1.54) is 4.90 Å². The van der Waals surface area contributed by atoms with Crippen LogP contribution in [0, 0.1) is 5.92 Å². The van der Waals surface area contributed by atoms with Gasteiger partial charge in [0, 0.05) is 18.9 Å². The zero-order valence-corrected chi connectivity index (χ0v) is 11.2. The summed E-state index contributed by atoms with van der Waals surface area (Å²) in [5.41, 5.74) is 0. The fourth-order valence-corrected chi connectivity index (χ4v) is 3.16. The highest BCUT2D eigenvalue weighted by Gasteiger charge is 2.49. The van der Waals surface area contributed by atoms with Gasteiger partial charge in [0.05, 0.1) is 6.54 Å². The summed E-state index contributed by atoms with van der Waals surface area (Å²) in [5, 5.41) is 0. The number of halogens is 2. The lowest BCUT2D eigenvalue weighted by atomic mass is 9.87. The Labute approximate surface area is 107 Å². The van der Waals surface area contributed by atoms with Crippen molar-refractivity contribution in [2.24, 2.45) is 5.92 Å². The quantitative estimate of drug-likeness (QED) is 0.758. The highest BCUT2D eigenvalue weighted by Crippen LogP contribution is 2.38. The lowest BCUT2D eigenvalue weighted by Gasteiger charge is -2.36. The highest BCUT2D eigenvalue weighted by atomic mass is 19.3. The molecule has 2 rings (SSSR count). The minimum absolute atomic E-state index is 0.129. The Kier molecular flexibility index (Phi) is 3.90. The average molecular weight is 260 g/mol. The van der Waals surface area contributed by atoms with Crippen LogP contribution in [-0.2, 0) is 4.79 Å². The lowest BCUT2D eigenvalue weighted by Crippen LogP contribution is -2.44. The molecule has 0 spiro atoms. The molecule has 5 heteroatoms. The van der Waals surface area contributed by atoms with E-state index in [9.17, 15) is 13.6 Å². The first-order chi connectivity index (χ1) is 8.43. The normalized spacial score (nSPS) is 29.8. The van der Waals surface area contributed by atoms with Crippen molar-refractivity contribution in [2.45, 2.75) is 44.6 Å². The molecule has 3 nitrogen and oxygen atoms in total. The molecule has 2 aliphatic rings. The fraction of sp³-hybridized carbons (Fsp3) is 0.923. The molecule has 0 N–H and O–H groups in total. The monoisotopic (exact) mass is 260 g/mol. The van der Waals surface area contributed by atoms with Crippen molar-refractivity contribution in [3.05, 3.63) is 0 Å². The molecule has 0 bridgehead atoms. The van der Waals surface area contributed by atoms with Crippen LogP contribution in [0.1, 0.15) is 32.6 Å². The van der Waals surface area contributed by atoms with E-state index in [1.807, 2.05) is 0 Å². The smallest absolute Gasteiger partial charge is 0.267 e. The number of likely N-dealkylation sites (tertiary alicyclic amines) is 2. The van der Waals surface area contributed by atoms with E-state index in [1.54, 1.807) is 6.92 Å². The van der Waals surface area contributed by atoms with E-state index in [0.29, 0.717) is 6.42 Å². The van der Waals surface area contributed by atoms with Crippen molar-refractivity contribution < 1.29 is 13.6 Å². The van der Waals surface area contributed by atoms with Gasteiger partial charge in [0.2, 0.25) is 5.91 Å². The Morgan fingerprint density at radius 1 is 1.33 bits per heavy atom. The summed E-state index contributed by atoms with van der Waals surface area (Å²) in [6.45, 7) is 3.25. The first-order valence-corrected chi connectivity index (χ1v) is 6.79. The van der Waals surface area contributed by atoms with E-state index < -0.39 is 5.92 Å². The number of hydrogen-bond donors (Lipinski definition) is 0. The SMILES string of the molecule is CCC(=O)N1CC(F)(F)CC1C1CCN(C)CC1. The van der Waals surface area contributed by atoms with Crippen LogP contribution in [0.15, 0.2) is 0 Å². The summed E-state index contributed by atoms with van der Waals surface area (Å²) < 4.78 is 27.1. The summed E-state index contributed by atoms with van der Waals surface area (Å²) in [6, 6.07) is -0.249. The Balaban J connectivity index is 2.06. The third kappa shape index (κ3) is 2.82. The fourth-order valence-electron chi connectivity index (χ4n) is 3.16. The maximum absolute atomic E-state index is 13.6. The molecule has 2 fully saturated rings. The van der Waals surface area contributed by atoms with Crippen molar-refractivity contribution in [3.8, 4) is 0 Å². The minimum Gasteiger partial charge on any atom is -0.333 e. The van der Waals surface area contributed by atoms with E-state index in [4.69, 9.17) is 0 Å². The summed E-state index contributed by atoms with van der Waals surface area (Å²) in [7, 11) is 2.05. The zero-order chi connectivity index (χ0) is 13.3. The van der Waals surface area contributed by atoms with Gasteiger partial charge in [0.25, 0.3) is 5.92 Å². The molecule has 0 aromatic rings. The third-order valence-corrected chi connectivity index (χ3v) is 4.24. The number of rotatable bonds is 2. The van der Waals surface area contributed by atoms with Gasteiger partial charge < -0.3 is 9.80 Å². The number of amides is 1. The zero-order valence-electron chi connectivity index (χ0n) is 11.2. The second-order valence-corrected chi connectivity index (χ2v) is 5.64. The van der Waals surface area contributed by atoms with E-state index in [2.05, 4.69) is 11.9 Å². The van der Waals surface area contributed by atoms with Crippen LogP contribution in [0.2, 0.25) is 0 Å². The lowest BCUT2D eigenvalue weighted by molar-refractivity contribution is -0.134. The van der Waals surface area contributed by atoms with Gasteiger partial charge in [-0.05, 0) is 38.9 Å². The third-order valence-electron chi connectivity index (χ3n) is 4.24. The first kappa shape index (κ1) is 13.7. The molecule has 2 aliphatic heterocycles. The number of hydrogen-bond acceptors (Lipinski definition) is 2. The predicted molar refractivity (Wildman–Crippen MR) is 65.6 cm³/mol. The van der Waals surface area contributed by atoms with Crippen LogP contribution in [-0.4, -0.2) is 54.4 Å². The Morgan fingerprint density at radius 3 is 2.50 bits per heavy atom. The van der Waals surface area contributed by atoms with Gasteiger partial charge in [0.15, 0.2) is 0 Å². The van der Waals surface area contributed by atoms with Crippen LogP contribution in [0.3, 0.4) is 0 Å². The molecular weight excluding hydrogens is 238 g/mol. The second kappa shape index (κ2) is 5.11. The summed E-state index contributed by atoms with van der Waals surface area (Å²) >= 11 is 0. The maximum atomic E-state index is 13.6. The molecule has 2 saturated heterocycles.